The number of methoxy groups -OCH3 is 1. The van der Waals surface area contributed by atoms with E-state index in [9.17, 15) is 4.79 Å². The van der Waals surface area contributed by atoms with Gasteiger partial charge in [-0.3, -0.25) is 4.79 Å². The standard InChI is InChI=1S/C18H26N2O2/c1-14(20-16-10-6-7-11-17(16)22-2)18(21)19-13-12-15-8-4-3-5-9-15/h6-8,10-11,14,20H,3-5,9,12-13H2,1-2H3,(H,19,21)/t14-/m0/s1. The SMILES string of the molecule is COc1ccccc1N[C@@H](C)C(=O)NCCC1=CCCCC1. The lowest BCUT2D eigenvalue weighted by Crippen LogP contribution is -2.38. The molecule has 2 N–H and O–H groups in total. The summed E-state index contributed by atoms with van der Waals surface area (Å²) >= 11 is 0. The average Bonchev–Trinajstić information content (AvgIpc) is 2.56. The normalized spacial score (nSPS) is 15.6. The Kier molecular flexibility index (Phi) is 6.31. The van der Waals surface area contributed by atoms with Crippen LogP contribution in [0.25, 0.3) is 0 Å². The number of amides is 1. The zero-order valence-corrected chi connectivity index (χ0v) is 13.5. The van der Waals surface area contributed by atoms with Crippen LogP contribution in [0.3, 0.4) is 0 Å². The number of benzene rings is 1. The number of rotatable bonds is 7. The summed E-state index contributed by atoms with van der Waals surface area (Å²) in [5.41, 5.74) is 2.32. The second-order valence-corrected chi connectivity index (χ2v) is 5.72. The van der Waals surface area contributed by atoms with Crippen LogP contribution in [0.1, 0.15) is 39.0 Å². The number of hydrogen-bond acceptors (Lipinski definition) is 3. The monoisotopic (exact) mass is 302 g/mol. The molecule has 0 saturated heterocycles. The van der Waals surface area contributed by atoms with Crippen LogP contribution in [0.15, 0.2) is 35.9 Å². The van der Waals surface area contributed by atoms with Gasteiger partial charge in [0.25, 0.3) is 0 Å². The van der Waals surface area contributed by atoms with Gasteiger partial charge < -0.3 is 15.4 Å². The van der Waals surface area contributed by atoms with E-state index in [-0.39, 0.29) is 11.9 Å². The highest BCUT2D eigenvalue weighted by Crippen LogP contribution is 2.23. The van der Waals surface area contributed by atoms with Crippen molar-refractivity contribution >= 4 is 11.6 Å². The van der Waals surface area contributed by atoms with Gasteiger partial charge in [-0.2, -0.15) is 0 Å². The summed E-state index contributed by atoms with van der Waals surface area (Å²) in [6.45, 7) is 2.57. The van der Waals surface area contributed by atoms with Crippen molar-refractivity contribution < 1.29 is 9.53 Å². The minimum Gasteiger partial charge on any atom is -0.495 e. The first-order valence-corrected chi connectivity index (χ1v) is 8.06. The first-order valence-electron chi connectivity index (χ1n) is 8.06. The van der Waals surface area contributed by atoms with Gasteiger partial charge in [0.2, 0.25) is 5.91 Å². The van der Waals surface area contributed by atoms with Gasteiger partial charge >= 0.3 is 0 Å². The van der Waals surface area contributed by atoms with Gasteiger partial charge in [-0.15, -0.1) is 0 Å². The van der Waals surface area contributed by atoms with Crippen molar-refractivity contribution in [2.75, 3.05) is 19.0 Å². The lowest BCUT2D eigenvalue weighted by Gasteiger charge is -2.18. The molecule has 0 radical (unpaired) electrons. The number of carbonyl (C=O) groups excluding carboxylic acids is 1. The van der Waals surface area contributed by atoms with Crippen molar-refractivity contribution in [1.82, 2.24) is 5.32 Å². The molecule has 0 unspecified atom stereocenters. The van der Waals surface area contributed by atoms with Gasteiger partial charge in [0.15, 0.2) is 0 Å². The number of allylic oxidation sites excluding steroid dienone is 1. The summed E-state index contributed by atoms with van der Waals surface area (Å²) in [5, 5.41) is 6.20. The molecule has 4 heteroatoms. The van der Waals surface area contributed by atoms with Crippen molar-refractivity contribution in [2.24, 2.45) is 0 Å². The first kappa shape index (κ1) is 16.4. The minimum absolute atomic E-state index is 0.0160. The number of hydrogen-bond donors (Lipinski definition) is 2. The molecular weight excluding hydrogens is 276 g/mol. The van der Waals surface area contributed by atoms with Crippen LogP contribution in [0.5, 0.6) is 5.75 Å². The summed E-state index contributed by atoms with van der Waals surface area (Å²) in [7, 11) is 1.63. The fraction of sp³-hybridized carbons (Fsp3) is 0.500. The number of anilines is 1. The van der Waals surface area contributed by atoms with Gasteiger partial charge in [-0.05, 0) is 51.2 Å². The highest BCUT2D eigenvalue weighted by Gasteiger charge is 2.14. The van der Waals surface area contributed by atoms with E-state index in [1.54, 1.807) is 7.11 Å². The number of nitrogens with one attached hydrogen (secondary N) is 2. The average molecular weight is 302 g/mol. The van der Waals surface area contributed by atoms with E-state index in [1.165, 1.54) is 31.3 Å². The highest BCUT2D eigenvalue weighted by atomic mass is 16.5. The van der Waals surface area contributed by atoms with Gasteiger partial charge in [0, 0.05) is 6.54 Å². The molecule has 0 aliphatic heterocycles. The molecule has 0 aromatic heterocycles. The molecule has 1 atom stereocenters. The molecule has 1 aromatic carbocycles. The third-order valence-corrected chi connectivity index (χ3v) is 4.00. The Balaban J connectivity index is 1.78. The van der Waals surface area contributed by atoms with Crippen LogP contribution in [-0.4, -0.2) is 25.6 Å². The zero-order valence-electron chi connectivity index (χ0n) is 13.5. The molecule has 0 spiro atoms. The Morgan fingerprint density at radius 3 is 2.86 bits per heavy atom. The topological polar surface area (TPSA) is 50.4 Å². The van der Waals surface area contributed by atoms with Crippen molar-refractivity contribution in [3.05, 3.63) is 35.9 Å². The van der Waals surface area contributed by atoms with E-state index in [1.807, 2.05) is 31.2 Å². The lowest BCUT2D eigenvalue weighted by atomic mass is 9.97. The predicted octanol–water partition coefficient (Wildman–Crippen LogP) is 3.50. The van der Waals surface area contributed by atoms with Gasteiger partial charge in [0.1, 0.15) is 11.8 Å². The van der Waals surface area contributed by atoms with E-state index in [2.05, 4.69) is 16.7 Å². The molecule has 1 amide bonds. The summed E-state index contributed by atoms with van der Waals surface area (Å²) in [6.07, 6.45) is 8.25. The Bertz CT molecular complexity index is 526. The molecule has 4 nitrogen and oxygen atoms in total. The van der Waals surface area contributed by atoms with Crippen molar-refractivity contribution in [1.29, 1.82) is 0 Å². The third-order valence-electron chi connectivity index (χ3n) is 4.00. The first-order chi connectivity index (χ1) is 10.7. The predicted molar refractivity (Wildman–Crippen MR) is 90.3 cm³/mol. The summed E-state index contributed by atoms with van der Waals surface area (Å²) in [6, 6.07) is 7.33. The van der Waals surface area contributed by atoms with Gasteiger partial charge in [-0.1, -0.05) is 23.8 Å². The maximum Gasteiger partial charge on any atom is 0.242 e. The van der Waals surface area contributed by atoms with E-state index in [0.717, 1.165) is 17.9 Å². The molecule has 1 aliphatic carbocycles. The Morgan fingerprint density at radius 1 is 1.32 bits per heavy atom. The molecule has 22 heavy (non-hydrogen) atoms. The van der Waals surface area contributed by atoms with Crippen molar-refractivity contribution in [3.8, 4) is 5.75 Å². The summed E-state index contributed by atoms with van der Waals surface area (Å²) in [5.74, 6) is 0.761. The van der Waals surface area contributed by atoms with Crippen LogP contribution < -0.4 is 15.4 Å². The Morgan fingerprint density at radius 2 is 2.14 bits per heavy atom. The summed E-state index contributed by atoms with van der Waals surface area (Å²) < 4.78 is 5.28. The smallest absolute Gasteiger partial charge is 0.242 e. The van der Waals surface area contributed by atoms with Crippen LogP contribution in [0.2, 0.25) is 0 Å². The lowest BCUT2D eigenvalue weighted by molar-refractivity contribution is -0.121. The second kappa shape index (κ2) is 8.47. The van der Waals surface area contributed by atoms with Gasteiger partial charge in [-0.25, -0.2) is 0 Å². The Labute approximate surface area is 132 Å². The fourth-order valence-corrected chi connectivity index (χ4v) is 2.69. The number of carbonyl (C=O) groups is 1. The second-order valence-electron chi connectivity index (χ2n) is 5.72. The molecular formula is C18H26N2O2. The fourth-order valence-electron chi connectivity index (χ4n) is 2.69. The maximum atomic E-state index is 12.2. The van der Waals surface area contributed by atoms with E-state index in [4.69, 9.17) is 4.74 Å². The zero-order chi connectivity index (χ0) is 15.8. The van der Waals surface area contributed by atoms with E-state index in [0.29, 0.717) is 6.54 Å². The van der Waals surface area contributed by atoms with E-state index >= 15 is 0 Å². The Hall–Kier alpha value is -1.97. The quantitative estimate of drug-likeness (QED) is 0.758. The molecule has 2 rings (SSSR count). The molecule has 0 bridgehead atoms. The van der Waals surface area contributed by atoms with Crippen LogP contribution in [-0.2, 0) is 4.79 Å². The minimum atomic E-state index is -0.295. The molecule has 120 valence electrons. The van der Waals surface area contributed by atoms with Crippen molar-refractivity contribution in [2.45, 2.75) is 45.1 Å². The molecule has 1 aliphatic rings. The van der Waals surface area contributed by atoms with Crippen LogP contribution >= 0.6 is 0 Å². The van der Waals surface area contributed by atoms with Crippen LogP contribution in [0, 0.1) is 0 Å². The molecule has 0 heterocycles. The van der Waals surface area contributed by atoms with Gasteiger partial charge in [0.05, 0.1) is 12.8 Å². The molecule has 1 aromatic rings. The number of para-hydroxylation sites is 2. The highest BCUT2D eigenvalue weighted by molar-refractivity contribution is 5.84. The molecule has 0 fully saturated rings. The van der Waals surface area contributed by atoms with Crippen LogP contribution in [0.4, 0.5) is 5.69 Å². The molecule has 0 saturated carbocycles. The van der Waals surface area contributed by atoms with Crippen molar-refractivity contribution in [3.63, 3.8) is 0 Å². The maximum absolute atomic E-state index is 12.2. The largest absolute Gasteiger partial charge is 0.495 e. The van der Waals surface area contributed by atoms with E-state index < -0.39 is 0 Å². The number of ether oxygens (including phenoxy) is 1. The summed E-state index contributed by atoms with van der Waals surface area (Å²) in [4.78, 5) is 12.2. The third kappa shape index (κ3) is 4.79.